The number of ether oxygens (including phenoxy) is 1. The summed E-state index contributed by atoms with van der Waals surface area (Å²) in [6, 6.07) is 16.4. The summed E-state index contributed by atoms with van der Waals surface area (Å²) in [4.78, 5) is 13.0. The summed E-state index contributed by atoms with van der Waals surface area (Å²) < 4.78 is 7.79. The number of rotatable bonds is 9. The van der Waals surface area contributed by atoms with E-state index < -0.39 is 0 Å². The number of aryl methyl sites for hydroxylation is 1. The lowest BCUT2D eigenvalue weighted by Crippen LogP contribution is -2.12. The first-order valence-electron chi connectivity index (χ1n) is 12.2. The molecule has 0 saturated carbocycles. The van der Waals surface area contributed by atoms with Crippen molar-refractivity contribution in [3.05, 3.63) is 77.2 Å². The normalized spacial score (nSPS) is 12.2. The van der Waals surface area contributed by atoms with Crippen LogP contribution in [0.2, 0.25) is 5.02 Å². The van der Waals surface area contributed by atoms with Gasteiger partial charge >= 0.3 is 6.01 Å². The fourth-order valence-corrected chi connectivity index (χ4v) is 4.14. The predicted molar refractivity (Wildman–Crippen MR) is 147 cm³/mol. The van der Waals surface area contributed by atoms with E-state index in [1.807, 2.05) is 49.5 Å². The standard InChI is InChI=1S/C27H29ClN8O/c1-5-21(17-6-9-20(10-7-17)37-27-29-14-18(28)15-30-27)32-26-33-22-11-8-19(12-24(22)36(26)4)31-25-13-23(16(2)3)34-35-25/h6-16,21H,5H2,1-4H3,(H,32,33)(H2,31,34,35). The number of hydrogen-bond donors (Lipinski definition) is 3. The van der Waals surface area contributed by atoms with Crippen molar-refractivity contribution in [1.82, 2.24) is 29.7 Å². The molecule has 190 valence electrons. The van der Waals surface area contributed by atoms with Crippen molar-refractivity contribution < 1.29 is 4.74 Å². The zero-order valence-electron chi connectivity index (χ0n) is 21.2. The molecule has 0 amide bonds. The van der Waals surface area contributed by atoms with E-state index in [9.17, 15) is 0 Å². The molecule has 1 atom stereocenters. The van der Waals surface area contributed by atoms with Crippen LogP contribution in [0.3, 0.4) is 0 Å². The van der Waals surface area contributed by atoms with E-state index in [1.54, 1.807) is 0 Å². The third kappa shape index (κ3) is 5.51. The first-order valence-corrected chi connectivity index (χ1v) is 12.6. The van der Waals surface area contributed by atoms with E-state index in [0.29, 0.717) is 16.7 Å². The number of imidazole rings is 1. The van der Waals surface area contributed by atoms with Crippen molar-refractivity contribution in [1.29, 1.82) is 0 Å². The number of nitrogens with one attached hydrogen (secondary N) is 3. The fourth-order valence-electron chi connectivity index (χ4n) is 4.04. The molecule has 10 heteroatoms. The van der Waals surface area contributed by atoms with E-state index in [2.05, 4.69) is 62.2 Å². The Morgan fingerprint density at radius 3 is 2.49 bits per heavy atom. The predicted octanol–water partition coefficient (Wildman–Crippen LogP) is 6.96. The lowest BCUT2D eigenvalue weighted by molar-refractivity contribution is 0.441. The number of H-pyrrole nitrogens is 1. The largest absolute Gasteiger partial charge is 0.424 e. The van der Waals surface area contributed by atoms with Crippen molar-refractivity contribution >= 4 is 40.1 Å². The second-order valence-electron chi connectivity index (χ2n) is 9.15. The van der Waals surface area contributed by atoms with Crippen LogP contribution < -0.4 is 15.4 Å². The lowest BCUT2D eigenvalue weighted by Gasteiger charge is -2.18. The first kappa shape index (κ1) is 24.6. The van der Waals surface area contributed by atoms with Crippen LogP contribution in [0.4, 0.5) is 17.5 Å². The number of benzene rings is 2. The average Bonchev–Trinajstić information content (AvgIpc) is 3.49. The summed E-state index contributed by atoms with van der Waals surface area (Å²) in [7, 11) is 2.02. The molecule has 5 rings (SSSR count). The molecule has 0 bridgehead atoms. The molecule has 37 heavy (non-hydrogen) atoms. The topological polar surface area (TPSA) is 106 Å². The minimum absolute atomic E-state index is 0.0763. The molecule has 0 aliphatic carbocycles. The number of halogens is 1. The molecule has 3 N–H and O–H groups in total. The third-order valence-electron chi connectivity index (χ3n) is 6.17. The van der Waals surface area contributed by atoms with Crippen molar-refractivity contribution in [2.24, 2.45) is 7.05 Å². The van der Waals surface area contributed by atoms with E-state index in [4.69, 9.17) is 21.3 Å². The SMILES string of the molecule is CCC(Nc1nc2ccc(Nc3cc(C(C)C)[nH]n3)cc2n1C)c1ccc(Oc2ncc(Cl)cn2)cc1. The van der Waals surface area contributed by atoms with E-state index in [1.165, 1.54) is 12.4 Å². The van der Waals surface area contributed by atoms with Gasteiger partial charge in [-0.05, 0) is 48.2 Å². The Hall–Kier alpha value is -4.11. The third-order valence-corrected chi connectivity index (χ3v) is 6.37. The van der Waals surface area contributed by atoms with Crippen LogP contribution in [-0.4, -0.2) is 29.7 Å². The maximum absolute atomic E-state index is 5.84. The Kier molecular flexibility index (Phi) is 6.96. The molecule has 5 aromatic rings. The Morgan fingerprint density at radius 1 is 1.05 bits per heavy atom. The van der Waals surface area contributed by atoms with Crippen LogP contribution in [0.1, 0.15) is 50.4 Å². The maximum atomic E-state index is 5.84. The maximum Gasteiger partial charge on any atom is 0.321 e. The molecule has 3 aromatic heterocycles. The van der Waals surface area contributed by atoms with Gasteiger partial charge in [0.25, 0.3) is 0 Å². The monoisotopic (exact) mass is 516 g/mol. The van der Waals surface area contributed by atoms with Crippen molar-refractivity contribution in [3.8, 4) is 11.8 Å². The van der Waals surface area contributed by atoms with Gasteiger partial charge in [0, 0.05) is 24.5 Å². The van der Waals surface area contributed by atoms with Crippen LogP contribution >= 0.6 is 11.6 Å². The number of fused-ring (bicyclic) bond motifs is 1. The summed E-state index contributed by atoms with van der Waals surface area (Å²) in [5.74, 6) is 2.64. The summed E-state index contributed by atoms with van der Waals surface area (Å²) in [6.07, 6.45) is 3.89. The second-order valence-corrected chi connectivity index (χ2v) is 9.58. The van der Waals surface area contributed by atoms with Crippen molar-refractivity contribution in [2.75, 3.05) is 10.6 Å². The van der Waals surface area contributed by atoms with E-state index in [-0.39, 0.29) is 12.1 Å². The highest BCUT2D eigenvalue weighted by molar-refractivity contribution is 6.30. The van der Waals surface area contributed by atoms with Gasteiger partial charge in [0.1, 0.15) is 5.75 Å². The molecule has 0 spiro atoms. The molecule has 0 radical (unpaired) electrons. The van der Waals surface area contributed by atoms with Gasteiger partial charge in [-0.3, -0.25) is 5.10 Å². The summed E-state index contributed by atoms with van der Waals surface area (Å²) >= 11 is 5.84. The zero-order chi connectivity index (χ0) is 25.9. The van der Waals surface area contributed by atoms with Crippen LogP contribution in [-0.2, 0) is 7.05 Å². The molecular formula is C27H29ClN8O. The quantitative estimate of drug-likeness (QED) is 0.194. The van der Waals surface area contributed by atoms with Gasteiger partial charge in [-0.25, -0.2) is 15.0 Å². The molecule has 9 nitrogen and oxygen atoms in total. The molecule has 0 saturated heterocycles. The lowest BCUT2D eigenvalue weighted by atomic mass is 10.0. The molecule has 0 aliphatic rings. The Labute approximate surface area is 220 Å². The number of anilines is 3. The van der Waals surface area contributed by atoms with Crippen LogP contribution in [0.25, 0.3) is 11.0 Å². The highest BCUT2D eigenvalue weighted by Crippen LogP contribution is 2.29. The van der Waals surface area contributed by atoms with Gasteiger partial charge in [-0.15, -0.1) is 0 Å². The molecule has 2 aromatic carbocycles. The van der Waals surface area contributed by atoms with Gasteiger partial charge in [0.05, 0.1) is 34.5 Å². The number of nitrogens with zero attached hydrogens (tertiary/aromatic N) is 5. The fraction of sp³-hybridized carbons (Fsp3) is 0.259. The van der Waals surface area contributed by atoms with Gasteiger partial charge < -0.3 is 19.9 Å². The van der Waals surface area contributed by atoms with Gasteiger partial charge in [-0.2, -0.15) is 5.10 Å². The summed E-state index contributed by atoms with van der Waals surface area (Å²) in [5.41, 5.74) is 5.12. The summed E-state index contributed by atoms with van der Waals surface area (Å²) in [6.45, 7) is 6.41. The molecule has 1 unspecified atom stereocenters. The number of aromatic amines is 1. The van der Waals surface area contributed by atoms with Crippen molar-refractivity contribution in [2.45, 2.75) is 39.2 Å². The summed E-state index contributed by atoms with van der Waals surface area (Å²) in [5, 5.41) is 14.9. The average molecular weight is 517 g/mol. The molecule has 0 fully saturated rings. The van der Waals surface area contributed by atoms with Crippen LogP contribution in [0, 0.1) is 0 Å². The second kappa shape index (κ2) is 10.5. The molecular weight excluding hydrogens is 488 g/mol. The molecule has 3 heterocycles. The Balaban J connectivity index is 1.30. The number of aromatic nitrogens is 6. The van der Waals surface area contributed by atoms with Gasteiger partial charge in [0.15, 0.2) is 5.82 Å². The smallest absolute Gasteiger partial charge is 0.321 e. The number of hydrogen-bond acceptors (Lipinski definition) is 7. The first-order chi connectivity index (χ1) is 17.9. The van der Waals surface area contributed by atoms with Gasteiger partial charge in [-0.1, -0.05) is 44.5 Å². The van der Waals surface area contributed by atoms with E-state index in [0.717, 1.165) is 46.2 Å². The highest BCUT2D eigenvalue weighted by atomic mass is 35.5. The Morgan fingerprint density at radius 2 is 1.81 bits per heavy atom. The van der Waals surface area contributed by atoms with Crippen LogP contribution in [0.15, 0.2) is 60.9 Å². The van der Waals surface area contributed by atoms with Gasteiger partial charge in [0.2, 0.25) is 5.95 Å². The van der Waals surface area contributed by atoms with Crippen LogP contribution in [0.5, 0.6) is 11.8 Å². The van der Waals surface area contributed by atoms with E-state index >= 15 is 0 Å². The minimum Gasteiger partial charge on any atom is -0.424 e. The minimum atomic E-state index is 0.0763. The molecule has 0 aliphatic heterocycles. The zero-order valence-corrected chi connectivity index (χ0v) is 21.9. The highest BCUT2D eigenvalue weighted by Gasteiger charge is 2.15. The van der Waals surface area contributed by atoms with Crippen molar-refractivity contribution in [3.63, 3.8) is 0 Å². The Bertz CT molecular complexity index is 1490.